The molecule has 24 heavy (non-hydrogen) atoms. The van der Waals surface area contributed by atoms with Crippen molar-refractivity contribution in [1.82, 2.24) is 18.8 Å². The molecular formula is C16H23N5O2S. The molecular weight excluding hydrogens is 326 g/mol. The average molecular weight is 349 g/mol. The Labute approximate surface area is 142 Å². The quantitative estimate of drug-likeness (QED) is 0.825. The fourth-order valence-corrected chi connectivity index (χ4v) is 4.30. The van der Waals surface area contributed by atoms with Crippen LogP contribution in [0.1, 0.15) is 31.3 Å². The topological polar surface area (TPSA) is 80.1 Å². The first kappa shape index (κ1) is 16.9. The molecule has 1 aliphatic heterocycles. The van der Waals surface area contributed by atoms with Crippen molar-refractivity contribution in [2.45, 2.75) is 39.4 Å². The van der Waals surface area contributed by atoms with E-state index in [0.29, 0.717) is 32.6 Å². The minimum absolute atomic E-state index is 0.221. The Hall–Kier alpha value is -1.93. The minimum atomic E-state index is -3.18. The average Bonchev–Trinajstić information content (AvgIpc) is 3.01. The van der Waals surface area contributed by atoms with Crippen LogP contribution < -0.4 is 5.32 Å². The van der Waals surface area contributed by atoms with Gasteiger partial charge in [0.1, 0.15) is 11.6 Å². The number of pyridine rings is 1. The van der Waals surface area contributed by atoms with E-state index in [2.05, 4.69) is 15.3 Å². The second-order valence-electron chi connectivity index (χ2n) is 5.91. The summed E-state index contributed by atoms with van der Waals surface area (Å²) in [6, 6.07) is 5.69. The molecule has 0 saturated heterocycles. The smallest absolute Gasteiger partial charge is 0.214 e. The molecule has 130 valence electrons. The molecule has 3 rings (SSSR count). The summed E-state index contributed by atoms with van der Waals surface area (Å²) in [5.74, 6) is 1.82. The van der Waals surface area contributed by atoms with Crippen LogP contribution in [-0.4, -0.2) is 39.6 Å². The third-order valence-corrected chi connectivity index (χ3v) is 5.98. The standard InChI is InChI=1S/C16H23N5O2S/c1-2-3-10-24(22,23)21-9-8-20-12-14(19-16(20)13-21)11-18-15-6-4-5-7-17-15/h4-7,12H,2-3,8-11,13H2,1H3,(H,17,18). The predicted molar refractivity (Wildman–Crippen MR) is 92.9 cm³/mol. The summed E-state index contributed by atoms with van der Waals surface area (Å²) < 4.78 is 28.3. The van der Waals surface area contributed by atoms with E-state index >= 15 is 0 Å². The van der Waals surface area contributed by atoms with Crippen molar-refractivity contribution in [2.24, 2.45) is 0 Å². The normalized spacial score (nSPS) is 15.2. The molecule has 3 heterocycles. The maximum Gasteiger partial charge on any atom is 0.214 e. The van der Waals surface area contributed by atoms with E-state index in [4.69, 9.17) is 0 Å². The molecule has 0 amide bonds. The van der Waals surface area contributed by atoms with E-state index in [1.807, 2.05) is 35.9 Å². The molecule has 7 nitrogen and oxygen atoms in total. The lowest BCUT2D eigenvalue weighted by Gasteiger charge is -2.26. The van der Waals surface area contributed by atoms with Crippen molar-refractivity contribution in [3.8, 4) is 0 Å². The van der Waals surface area contributed by atoms with E-state index in [-0.39, 0.29) is 5.75 Å². The van der Waals surface area contributed by atoms with Gasteiger partial charge in [0, 0.05) is 25.5 Å². The molecule has 0 saturated carbocycles. The Morgan fingerprint density at radius 2 is 2.17 bits per heavy atom. The van der Waals surface area contributed by atoms with Gasteiger partial charge in [-0.3, -0.25) is 0 Å². The number of imidazole rings is 1. The lowest BCUT2D eigenvalue weighted by Crippen LogP contribution is -2.39. The van der Waals surface area contributed by atoms with Gasteiger partial charge in [-0.15, -0.1) is 0 Å². The SMILES string of the molecule is CCCCS(=O)(=O)N1CCn2cc(CNc3ccccn3)nc2C1. The van der Waals surface area contributed by atoms with E-state index in [1.54, 1.807) is 10.5 Å². The van der Waals surface area contributed by atoms with Crippen molar-refractivity contribution in [2.75, 3.05) is 17.6 Å². The van der Waals surface area contributed by atoms with Gasteiger partial charge in [-0.1, -0.05) is 19.4 Å². The number of sulfonamides is 1. The maximum atomic E-state index is 12.3. The number of nitrogens with one attached hydrogen (secondary N) is 1. The third kappa shape index (κ3) is 3.93. The molecule has 0 spiro atoms. The summed E-state index contributed by atoms with van der Waals surface area (Å²) in [5, 5.41) is 3.22. The lowest BCUT2D eigenvalue weighted by molar-refractivity contribution is 0.335. The van der Waals surface area contributed by atoms with Crippen molar-refractivity contribution in [1.29, 1.82) is 0 Å². The van der Waals surface area contributed by atoms with Gasteiger partial charge >= 0.3 is 0 Å². The molecule has 0 bridgehead atoms. The number of unbranched alkanes of at least 4 members (excludes halogenated alkanes) is 1. The first-order valence-electron chi connectivity index (χ1n) is 8.26. The van der Waals surface area contributed by atoms with Crippen molar-refractivity contribution in [3.63, 3.8) is 0 Å². The maximum absolute atomic E-state index is 12.3. The van der Waals surface area contributed by atoms with E-state index < -0.39 is 10.0 Å². The zero-order chi connectivity index (χ0) is 17.0. The molecule has 0 aromatic carbocycles. The number of nitrogens with zero attached hydrogens (tertiary/aromatic N) is 4. The summed E-state index contributed by atoms with van der Waals surface area (Å²) in [4.78, 5) is 8.79. The van der Waals surface area contributed by atoms with Crippen LogP contribution in [0, 0.1) is 0 Å². The monoisotopic (exact) mass is 349 g/mol. The zero-order valence-electron chi connectivity index (χ0n) is 13.9. The molecule has 2 aromatic rings. The Bertz CT molecular complexity index is 773. The molecule has 1 N–H and O–H groups in total. The van der Waals surface area contributed by atoms with E-state index in [1.165, 1.54) is 0 Å². The number of hydrogen-bond donors (Lipinski definition) is 1. The van der Waals surface area contributed by atoms with Gasteiger partial charge < -0.3 is 9.88 Å². The van der Waals surface area contributed by atoms with Crippen LogP contribution in [-0.2, 0) is 29.7 Å². The molecule has 1 aliphatic rings. The molecule has 2 aromatic heterocycles. The van der Waals surface area contributed by atoms with E-state index in [9.17, 15) is 8.42 Å². The number of rotatable bonds is 7. The zero-order valence-corrected chi connectivity index (χ0v) is 14.7. The van der Waals surface area contributed by atoms with Gasteiger partial charge in [0.05, 0.1) is 24.5 Å². The fourth-order valence-electron chi connectivity index (χ4n) is 2.72. The number of anilines is 1. The lowest BCUT2D eigenvalue weighted by atomic mass is 10.4. The largest absolute Gasteiger partial charge is 0.364 e. The highest BCUT2D eigenvalue weighted by Gasteiger charge is 2.27. The van der Waals surface area contributed by atoms with Crippen molar-refractivity contribution in [3.05, 3.63) is 42.1 Å². The Balaban J connectivity index is 1.64. The number of aromatic nitrogens is 3. The van der Waals surface area contributed by atoms with Gasteiger partial charge in [0.2, 0.25) is 10.0 Å². The van der Waals surface area contributed by atoms with Crippen LogP contribution in [0.4, 0.5) is 5.82 Å². The minimum Gasteiger partial charge on any atom is -0.364 e. The third-order valence-electron chi connectivity index (χ3n) is 4.08. The predicted octanol–water partition coefficient (Wildman–Crippen LogP) is 1.84. The van der Waals surface area contributed by atoms with Crippen molar-refractivity contribution >= 4 is 15.8 Å². The van der Waals surface area contributed by atoms with Crippen LogP contribution in [0.25, 0.3) is 0 Å². The fraction of sp³-hybridized carbons (Fsp3) is 0.500. The number of fused-ring (bicyclic) bond motifs is 1. The highest BCUT2D eigenvalue weighted by Crippen LogP contribution is 2.17. The molecule has 0 radical (unpaired) electrons. The van der Waals surface area contributed by atoms with E-state index in [0.717, 1.165) is 23.8 Å². The van der Waals surface area contributed by atoms with Gasteiger partial charge in [-0.25, -0.2) is 18.4 Å². The first-order chi connectivity index (χ1) is 11.6. The van der Waals surface area contributed by atoms with Gasteiger partial charge in [-0.2, -0.15) is 4.31 Å². The van der Waals surface area contributed by atoms with Crippen LogP contribution in [0.15, 0.2) is 30.6 Å². The second kappa shape index (κ2) is 7.31. The van der Waals surface area contributed by atoms with Gasteiger partial charge in [-0.05, 0) is 18.6 Å². The van der Waals surface area contributed by atoms with Crippen LogP contribution >= 0.6 is 0 Å². The van der Waals surface area contributed by atoms with Crippen molar-refractivity contribution < 1.29 is 8.42 Å². The second-order valence-corrected chi connectivity index (χ2v) is 8.00. The van der Waals surface area contributed by atoms with Gasteiger partial charge in [0.25, 0.3) is 0 Å². The summed E-state index contributed by atoms with van der Waals surface area (Å²) in [5.41, 5.74) is 0.892. The summed E-state index contributed by atoms with van der Waals surface area (Å²) in [6.45, 7) is 4.09. The Kier molecular flexibility index (Phi) is 5.15. The summed E-state index contributed by atoms with van der Waals surface area (Å²) in [6.07, 6.45) is 5.30. The Morgan fingerprint density at radius 3 is 2.92 bits per heavy atom. The summed E-state index contributed by atoms with van der Waals surface area (Å²) in [7, 11) is -3.18. The van der Waals surface area contributed by atoms with Crippen LogP contribution in [0.2, 0.25) is 0 Å². The number of hydrogen-bond acceptors (Lipinski definition) is 5. The molecule has 0 atom stereocenters. The Morgan fingerprint density at radius 1 is 1.29 bits per heavy atom. The van der Waals surface area contributed by atoms with Crippen LogP contribution in [0.5, 0.6) is 0 Å². The highest BCUT2D eigenvalue weighted by atomic mass is 32.2. The molecule has 0 fully saturated rings. The molecule has 0 unspecified atom stereocenters. The highest BCUT2D eigenvalue weighted by molar-refractivity contribution is 7.89. The van der Waals surface area contributed by atoms with Crippen LogP contribution in [0.3, 0.4) is 0 Å². The molecule has 0 aliphatic carbocycles. The first-order valence-corrected chi connectivity index (χ1v) is 9.87. The van der Waals surface area contributed by atoms with Gasteiger partial charge in [0.15, 0.2) is 0 Å². The molecule has 8 heteroatoms. The summed E-state index contributed by atoms with van der Waals surface area (Å²) >= 11 is 0.